The lowest BCUT2D eigenvalue weighted by atomic mass is 9.78. The second-order valence-corrected chi connectivity index (χ2v) is 7.23. The highest BCUT2D eigenvalue weighted by atomic mass is 16.4. The van der Waals surface area contributed by atoms with E-state index in [1.165, 1.54) is 0 Å². The fraction of sp³-hybridized carbons (Fsp3) is 0.667. The number of rotatable bonds is 3. The normalized spacial score (nSPS) is 23.7. The van der Waals surface area contributed by atoms with Gasteiger partial charge in [-0.25, -0.2) is 9.97 Å². The number of nitrogens with zero attached hydrogens (tertiary/aromatic N) is 3. The molecule has 1 aromatic rings. The summed E-state index contributed by atoms with van der Waals surface area (Å²) < 4.78 is 0. The molecule has 2 fully saturated rings. The standard InChI is InChI=1S/C18H26N4O3/c19-17-20-10-7-14(21-17)13-6-5-11-22(12-13)15(23)18(16(24)25)8-3-1-2-4-9-18/h7,10,13H,1-6,8-9,11-12H2,(H,24,25)(H2,19,20,21). The summed E-state index contributed by atoms with van der Waals surface area (Å²) in [6, 6.07) is 1.83. The summed E-state index contributed by atoms with van der Waals surface area (Å²) >= 11 is 0. The van der Waals surface area contributed by atoms with Crippen LogP contribution in [-0.2, 0) is 9.59 Å². The van der Waals surface area contributed by atoms with Crippen molar-refractivity contribution in [3.05, 3.63) is 18.0 Å². The molecule has 1 atom stereocenters. The third kappa shape index (κ3) is 3.60. The van der Waals surface area contributed by atoms with E-state index in [1.54, 1.807) is 11.1 Å². The van der Waals surface area contributed by atoms with Gasteiger partial charge in [0.05, 0.1) is 5.69 Å². The molecule has 1 saturated heterocycles. The molecule has 1 aliphatic carbocycles. The minimum absolute atomic E-state index is 0.0830. The van der Waals surface area contributed by atoms with Crippen LogP contribution < -0.4 is 5.73 Å². The monoisotopic (exact) mass is 346 g/mol. The summed E-state index contributed by atoms with van der Waals surface area (Å²) in [5, 5.41) is 9.85. The van der Waals surface area contributed by atoms with Crippen LogP contribution in [-0.4, -0.2) is 44.9 Å². The van der Waals surface area contributed by atoms with Crippen molar-refractivity contribution in [1.82, 2.24) is 14.9 Å². The maximum atomic E-state index is 13.2. The zero-order chi connectivity index (χ0) is 17.9. The van der Waals surface area contributed by atoms with Gasteiger partial charge in [-0.05, 0) is 31.7 Å². The van der Waals surface area contributed by atoms with Gasteiger partial charge in [0, 0.05) is 25.2 Å². The molecule has 25 heavy (non-hydrogen) atoms. The van der Waals surface area contributed by atoms with Gasteiger partial charge in [0.1, 0.15) is 5.41 Å². The molecule has 2 heterocycles. The summed E-state index contributed by atoms with van der Waals surface area (Å²) in [5.41, 5.74) is 5.26. The van der Waals surface area contributed by atoms with Crippen LogP contribution in [0.1, 0.15) is 63.0 Å². The Morgan fingerprint density at radius 2 is 1.92 bits per heavy atom. The predicted octanol–water partition coefficient (Wildman–Crippen LogP) is 2.19. The first kappa shape index (κ1) is 17.6. The number of carboxylic acid groups (broad SMARTS) is 1. The molecule has 1 unspecified atom stereocenters. The van der Waals surface area contributed by atoms with Crippen molar-refractivity contribution in [2.45, 2.75) is 57.3 Å². The molecule has 3 N–H and O–H groups in total. The van der Waals surface area contributed by atoms with Gasteiger partial charge >= 0.3 is 5.97 Å². The molecule has 0 radical (unpaired) electrons. The summed E-state index contributed by atoms with van der Waals surface area (Å²) in [7, 11) is 0. The number of carbonyl (C=O) groups is 2. The van der Waals surface area contributed by atoms with Crippen LogP contribution in [0.25, 0.3) is 0 Å². The van der Waals surface area contributed by atoms with Crippen molar-refractivity contribution in [3.8, 4) is 0 Å². The van der Waals surface area contributed by atoms with Crippen LogP contribution in [0.15, 0.2) is 12.3 Å². The quantitative estimate of drug-likeness (QED) is 0.641. The molecule has 3 rings (SSSR count). The van der Waals surface area contributed by atoms with Crippen molar-refractivity contribution in [1.29, 1.82) is 0 Å². The van der Waals surface area contributed by atoms with Crippen molar-refractivity contribution in [2.75, 3.05) is 18.8 Å². The highest BCUT2D eigenvalue weighted by molar-refractivity contribution is 6.02. The minimum Gasteiger partial charge on any atom is -0.480 e. The molecule has 1 aromatic heterocycles. The van der Waals surface area contributed by atoms with Crippen molar-refractivity contribution in [2.24, 2.45) is 5.41 Å². The Bertz CT molecular complexity index is 641. The fourth-order valence-electron chi connectivity index (χ4n) is 4.17. The lowest BCUT2D eigenvalue weighted by molar-refractivity contribution is -0.162. The van der Waals surface area contributed by atoms with Gasteiger partial charge < -0.3 is 15.7 Å². The maximum absolute atomic E-state index is 13.2. The smallest absolute Gasteiger partial charge is 0.319 e. The lowest BCUT2D eigenvalue weighted by Gasteiger charge is -2.38. The van der Waals surface area contributed by atoms with Gasteiger partial charge in [0.2, 0.25) is 11.9 Å². The first-order valence-electron chi connectivity index (χ1n) is 9.14. The van der Waals surface area contributed by atoms with E-state index in [2.05, 4.69) is 9.97 Å². The number of piperidine rings is 1. The first-order valence-corrected chi connectivity index (χ1v) is 9.14. The second-order valence-electron chi connectivity index (χ2n) is 7.23. The number of nitrogens with two attached hydrogens (primary N) is 1. The molecule has 1 saturated carbocycles. The number of nitrogen functional groups attached to an aromatic ring is 1. The third-order valence-corrected chi connectivity index (χ3v) is 5.60. The van der Waals surface area contributed by atoms with Crippen LogP contribution in [0.4, 0.5) is 5.95 Å². The lowest BCUT2D eigenvalue weighted by Crippen LogP contribution is -2.51. The van der Waals surface area contributed by atoms with Gasteiger partial charge in [0.25, 0.3) is 0 Å². The molecule has 0 bridgehead atoms. The Morgan fingerprint density at radius 3 is 2.56 bits per heavy atom. The Morgan fingerprint density at radius 1 is 1.20 bits per heavy atom. The number of anilines is 1. The molecule has 1 amide bonds. The molecule has 1 aliphatic heterocycles. The average molecular weight is 346 g/mol. The molecule has 0 spiro atoms. The van der Waals surface area contributed by atoms with Gasteiger partial charge in [-0.3, -0.25) is 9.59 Å². The zero-order valence-corrected chi connectivity index (χ0v) is 14.5. The van der Waals surface area contributed by atoms with Gasteiger partial charge in [0.15, 0.2) is 0 Å². The van der Waals surface area contributed by atoms with Crippen LogP contribution in [0.3, 0.4) is 0 Å². The fourth-order valence-corrected chi connectivity index (χ4v) is 4.17. The number of aliphatic carboxylic acids is 1. The summed E-state index contributed by atoms with van der Waals surface area (Å²) in [6.45, 7) is 1.12. The SMILES string of the molecule is Nc1nccc(C2CCCN(C(=O)C3(C(=O)O)CCCCCC3)C2)n1. The van der Waals surface area contributed by atoms with Crippen LogP contribution in [0.5, 0.6) is 0 Å². The van der Waals surface area contributed by atoms with Gasteiger partial charge in [-0.2, -0.15) is 0 Å². The summed E-state index contributed by atoms with van der Waals surface area (Å²) in [5.74, 6) is -0.868. The molecular weight excluding hydrogens is 320 g/mol. The van der Waals surface area contributed by atoms with Gasteiger partial charge in [-0.15, -0.1) is 0 Å². The zero-order valence-electron chi connectivity index (χ0n) is 14.5. The van der Waals surface area contributed by atoms with Crippen LogP contribution in [0, 0.1) is 5.41 Å². The number of amides is 1. The van der Waals surface area contributed by atoms with E-state index in [1.807, 2.05) is 6.07 Å². The molecular formula is C18H26N4O3. The van der Waals surface area contributed by atoms with Crippen LogP contribution >= 0.6 is 0 Å². The predicted molar refractivity (Wildman–Crippen MR) is 92.8 cm³/mol. The third-order valence-electron chi connectivity index (χ3n) is 5.60. The van der Waals surface area contributed by atoms with Crippen molar-refractivity contribution >= 4 is 17.8 Å². The molecule has 7 heteroatoms. The summed E-state index contributed by atoms with van der Waals surface area (Å²) in [6.07, 6.45) is 7.90. The van der Waals surface area contributed by atoms with E-state index >= 15 is 0 Å². The van der Waals surface area contributed by atoms with Crippen molar-refractivity contribution < 1.29 is 14.7 Å². The topological polar surface area (TPSA) is 109 Å². The summed E-state index contributed by atoms with van der Waals surface area (Å²) in [4.78, 5) is 35.2. The maximum Gasteiger partial charge on any atom is 0.319 e. The minimum atomic E-state index is -1.25. The van der Waals surface area contributed by atoms with Crippen molar-refractivity contribution in [3.63, 3.8) is 0 Å². The van der Waals surface area contributed by atoms with Crippen LogP contribution in [0.2, 0.25) is 0 Å². The largest absolute Gasteiger partial charge is 0.480 e. The van der Waals surface area contributed by atoms with E-state index < -0.39 is 11.4 Å². The molecule has 0 aromatic carbocycles. The average Bonchev–Trinajstić information content (AvgIpc) is 2.88. The first-order chi connectivity index (χ1) is 12.0. The Kier molecular flexibility index (Phi) is 5.20. The number of hydrogen-bond acceptors (Lipinski definition) is 5. The Labute approximate surface area is 147 Å². The van der Waals surface area contributed by atoms with E-state index in [4.69, 9.17) is 5.73 Å². The van der Waals surface area contributed by atoms with Gasteiger partial charge in [-0.1, -0.05) is 25.7 Å². The number of carbonyl (C=O) groups excluding carboxylic acids is 1. The number of aromatic nitrogens is 2. The number of hydrogen-bond donors (Lipinski definition) is 2. The van der Waals surface area contributed by atoms with E-state index in [0.717, 1.165) is 44.2 Å². The molecule has 2 aliphatic rings. The Balaban J connectivity index is 1.79. The Hall–Kier alpha value is -2.18. The molecule has 136 valence electrons. The number of likely N-dealkylation sites (tertiary alicyclic amines) is 1. The van der Waals surface area contributed by atoms with E-state index in [9.17, 15) is 14.7 Å². The molecule has 7 nitrogen and oxygen atoms in total. The second kappa shape index (κ2) is 7.37. The van der Waals surface area contributed by atoms with E-state index in [-0.39, 0.29) is 17.8 Å². The number of carboxylic acids is 1. The highest BCUT2D eigenvalue weighted by Gasteiger charge is 2.48. The highest BCUT2D eigenvalue weighted by Crippen LogP contribution is 2.39. The van der Waals surface area contributed by atoms with E-state index in [0.29, 0.717) is 25.9 Å².